The fourth-order valence-electron chi connectivity index (χ4n) is 1.27. The van der Waals surface area contributed by atoms with Gasteiger partial charge >= 0.3 is 0 Å². The summed E-state index contributed by atoms with van der Waals surface area (Å²) >= 11 is 0. The minimum Gasteiger partial charge on any atom is -0.314 e. The van der Waals surface area contributed by atoms with Crippen LogP contribution in [0.25, 0.3) is 6.08 Å². The molecule has 0 aliphatic carbocycles. The Bertz CT molecular complexity index is 390. The fraction of sp³-hybridized carbons (Fsp3) is 0.333. The topological polar surface area (TPSA) is 12.0 Å². The number of halogens is 3. The van der Waals surface area contributed by atoms with Crippen molar-refractivity contribution in [2.24, 2.45) is 0 Å². The highest BCUT2D eigenvalue weighted by atomic mass is 19.2. The second kappa shape index (κ2) is 5.16. The van der Waals surface area contributed by atoms with Crippen molar-refractivity contribution in [2.45, 2.75) is 19.9 Å². The van der Waals surface area contributed by atoms with E-state index in [1.165, 1.54) is 0 Å². The van der Waals surface area contributed by atoms with Crippen LogP contribution in [0.3, 0.4) is 0 Å². The molecule has 0 radical (unpaired) electrons. The highest BCUT2D eigenvalue weighted by Crippen LogP contribution is 2.16. The van der Waals surface area contributed by atoms with Gasteiger partial charge in [-0.15, -0.1) is 0 Å². The molecule has 0 aliphatic heterocycles. The molecular formula is C12H14F3N. The van der Waals surface area contributed by atoms with Crippen LogP contribution in [0.15, 0.2) is 17.7 Å². The number of hydrogen-bond donors (Lipinski definition) is 1. The molecule has 0 heterocycles. The molecule has 0 spiro atoms. The van der Waals surface area contributed by atoms with Crippen molar-refractivity contribution in [3.63, 3.8) is 0 Å². The third-order valence-corrected chi connectivity index (χ3v) is 2.52. The van der Waals surface area contributed by atoms with E-state index in [-0.39, 0.29) is 6.04 Å². The Morgan fingerprint density at radius 3 is 2.19 bits per heavy atom. The Labute approximate surface area is 93.0 Å². The lowest BCUT2D eigenvalue weighted by Gasteiger charge is -2.10. The van der Waals surface area contributed by atoms with E-state index in [0.29, 0.717) is 5.56 Å². The molecule has 1 aromatic rings. The van der Waals surface area contributed by atoms with Gasteiger partial charge in [0.05, 0.1) is 0 Å². The first-order valence-electron chi connectivity index (χ1n) is 4.95. The molecule has 1 rings (SSSR count). The summed E-state index contributed by atoms with van der Waals surface area (Å²) in [6.45, 7) is 3.75. The Hall–Kier alpha value is -1.29. The van der Waals surface area contributed by atoms with Crippen LogP contribution in [0.2, 0.25) is 0 Å². The van der Waals surface area contributed by atoms with Gasteiger partial charge in [-0.1, -0.05) is 11.6 Å². The highest BCUT2D eigenvalue weighted by Gasteiger charge is 2.10. The molecule has 16 heavy (non-hydrogen) atoms. The van der Waals surface area contributed by atoms with Crippen molar-refractivity contribution >= 4 is 6.08 Å². The number of benzene rings is 1. The molecular weight excluding hydrogens is 215 g/mol. The summed E-state index contributed by atoms with van der Waals surface area (Å²) < 4.78 is 38.5. The van der Waals surface area contributed by atoms with Crippen LogP contribution in [-0.4, -0.2) is 13.1 Å². The SMILES string of the molecule is CNC(C)/C(C)=C/c1cc(F)c(F)c(F)c1. The van der Waals surface area contributed by atoms with Gasteiger partial charge in [0, 0.05) is 6.04 Å². The van der Waals surface area contributed by atoms with Crippen LogP contribution in [0.4, 0.5) is 13.2 Å². The lowest BCUT2D eigenvalue weighted by Crippen LogP contribution is -2.21. The molecule has 0 fully saturated rings. The van der Waals surface area contributed by atoms with Crippen molar-refractivity contribution in [3.05, 3.63) is 40.7 Å². The van der Waals surface area contributed by atoms with Crippen LogP contribution < -0.4 is 5.32 Å². The summed E-state index contributed by atoms with van der Waals surface area (Å²) in [6.07, 6.45) is 1.62. The van der Waals surface area contributed by atoms with E-state index in [9.17, 15) is 13.2 Å². The van der Waals surface area contributed by atoms with E-state index in [1.807, 2.05) is 13.8 Å². The minimum atomic E-state index is -1.43. The van der Waals surface area contributed by atoms with Crippen molar-refractivity contribution < 1.29 is 13.2 Å². The van der Waals surface area contributed by atoms with Gasteiger partial charge < -0.3 is 5.32 Å². The predicted octanol–water partition coefficient (Wildman–Crippen LogP) is 3.12. The fourth-order valence-corrected chi connectivity index (χ4v) is 1.27. The summed E-state index contributed by atoms with van der Waals surface area (Å²) in [5.74, 6) is -3.77. The summed E-state index contributed by atoms with van der Waals surface area (Å²) in [7, 11) is 1.79. The first-order valence-corrected chi connectivity index (χ1v) is 4.95. The predicted molar refractivity (Wildman–Crippen MR) is 58.5 cm³/mol. The van der Waals surface area contributed by atoms with Crippen molar-refractivity contribution in [2.75, 3.05) is 7.05 Å². The summed E-state index contributed by atoms with van der Waals surface area (Å²) in [6, 6.07) is 2.05. The van der Waals surface area contributed by atoms with Crippen LogP contribution in [0.5, 0.6) is 0 Å². The molecule has 1 nitrogen and oxygen atoms in total. The Balaban J connectivity index is 3.07. The van der Waals surface area contributed by atoms with Crippen LogP contribution >= 0.6 is 0 Å². The molecule has 0 aromatic heterocycles. The largest absolute Gasteiger partial charge is 0.314 e. The third kappa shape index (κ3) is 2.85. The Morgan fingerprint density at radius 1 is 1.25 bits per heavy atom. The summed E-state index contributed by atoms with van der Waals surface area (Å²) in [4.78, 5) is 0. The highest BCUT2D eigenvalue weighted by molar-refractivity contribution is 5.53. The molecule has 1 aromatic carbocycles. The minimum absolute atomic E-state index is 0.0937. The second-order valence-corrected chi connectivity index (χ2v) is 3.70. The second-order valence-electron chi connectivity index (χ2n) is 3.70. The maximum absolute atomic E-state index is 12.9. The number of likely N-dealkylation sites (N-methyl/N-ethyl adjacent to an activating group) is 1. The van der Waals surface area contributed by atoms with E-state index in [4.69, 9.17) is 0 Å². The van der Waals surface area contributed by atoms with E-state index < -0.39 is 17.5 Å². The summed E-state index contributed by atoms with van der Waals surface area (Å²) in [5, 5.41) is 3.00. The van der Waals surface area contributed by atoms with Crippen LogP contribution in [-0.2, 0) is 0 Å². The molecule has 0 saturated heterocycles. The molecule has 0 bridgehead atoms. The van der Waals surface area contributed by atoms with Crippen LogP contribution in [0.1, 0.15) is 19.4 Å². The van der Waals surface area contributed by atoms with Gasteiger partial charge in [0.25, 0.3) is 0 Å². The maximum Gasteiger partial charge on any atom is 0.194 e. The lowest BCUT2D eigenvalue weighted by molar-refractivity contribution is 0.447. The van der Waals surface area contributed by atoms with Crippen molar-refractivity contribution in [1.29, 1.82) is 0 Å². The zero-order valence-electron chi connectivity index (χ0n) is 9.44. The normalized spacial score (nSPS) is 14.0. The van der Waals surface area contributed by atoms with Gasteiger partial charge in [0.2, 0.25) is 0 Å². The van der Waals surface area contributed by atoms with Gasteiger partial charge in [-0.05, 0) is 38.6 Å². The van der Waals surface area contributed by atoms with Gasteiger partial charge in [-0.25, -0.2) is 13.2 Å². The van der Waals surface area contributed by atoms with Gasteiger partial charge in [-0.2, -0.15) is 0 Å². The number of hydrogen-bond acceptors (Lipinski definition) is 1. The van der Waals surface area contributed by atoms with Gasteiger partial charge in [0.1, 0.15) is 0 Å². The monoisotopic (exact) mass is 229 g/mol. The van der Waals surface area contributed by atoms with Gasteiger partial charge in [0.15, 0.2) is 17.5 Å². The molecule has 1 atom stereocenters. The maximum atomic E-state index is 12.9. The molecule has 88 valence electrons. The molecule has 1 N–H and O–H groups in total. The van der Waals surface area contributed by atoms with Gasteiger partial charge in [-0.3, -0.25) is 0 Å². The first kappa shape index (κ1) is 12.8. The van der Waals surface area contributed by atoms with E-state index in [0.717, 1.165) is 17.7 Å². The quantitative estimate of drug-likeness (QED) is 0.785. The van der Waals surface area contributed by atoms with E-state index in [1.54, 1.807) is 13.1 Å². The molecule has 4 heteroatoms. The standard InChI is InChI=1S/C12H14F3N/c1-7(8(2)16-3)4-9-5-10(13)12(15)11(14)6-9/h4-6,8,16H,1-3H3/b7-4+. The van der Waals surface area contributed by atoms with Crippen LogP contribution in [0, 0.1) is 17.5 Å². The van der Waals surface area contributed by atoms with Crippen molar-refractivity contribution in [1.82, 2.24) is 5.32 Å². The number of nitrogens with one attached hydrogen (secondary N) is 1. The third-order valence-electron chi connectivity index (χ3n) is 2.52. The molecule has 1 unspecified atom stereocenters. The lowest BCUT2D eigenvalue weighted by atomic mass is 10.1. The molecule has 0 aliphatic rings. The summed E-state index contributed by atoms with van der Waals surface area (Å²) in [5.41, 5.74) is 1.23. The Kier molecular flexibility index (Phi) is 4.12. The Morgan fingerprint density at radius 2 is 1.75 bits per heavy atom. The average molecular weight is 229 g/mol. The smallest absolute Gasteiger partial charge is 0.194 e. The number of rotatable bonds is 3. The first-order chi connectivity index (χ1) is 7.45. The van der Waals surface area contributed by atoms with Crippen molar-refractivity contribution in [3.8, 4) is 0 Å². The average Bonchev–Trinajstić information content (AvgIpc) is 2.24. The molecule has 0 amide bonds. The van der Waals surface area contributed by atoms with E-state index in [2.05, 4.69) is 5.32 Å². The van der Waals surface area contributed by atoms with E-state index >= 15 is 0 Å². The molecule has 0 saturated carbocycles. The zero-order valence-corrected chi connectivity index (χ0v) is 9.44. The zero-order chi connectivity index (χ0) is 12.3.